The predicted octanol–water partition coefficient (Wildman–Crippen LogP) is 3.93. The summed E-state index contributed by atoms with van der Waals surface area (Å²) >= 11 is 0. The van der Waals surface area contributed by atoms with E-state index in [0.717, 1.165) is 17.7 Å². The van der Waals surface area contributed by atoms with E-state index in [1.54, 1.807) is 38.1 Å². The lowest BCUT2D eigenvalue weighted by Gasteiger charge is -2.16. The molecule has 1 heterocycles. The molecule has 1 aromatic heterocycles. The topological polar surface area (TPSA) is 114 Å². The average Bonchev–Trinajstić information content (AvgIpc) is 2.80. The number of benzene rings is 2. The quantitative estimate of drug-likeness (QED) is 0.388. The first-order valence-corrected chi connectivity index (χ1v) is 12.3. The van der Waals surface area contributed by atoms with Gasteiger partial charge in [-0.1, -0.05) is 42.0 Å². The van der Waals surface area contributed by atoms with Gasteiger partial charge in [0.25, 0.3) is 10.2 Å². The molecule has 0 aliphatic heterocycles. The van der Waals surface area contributed by atoms with Crippen LogP contribution in [0, 0.1) is 12.7 Å². The molecule has 2 aromatic carbocycles. The summed E-state index contributed by atoms with van der Waals surface area (Å²) in [6.07, 6.45) is -4.63. The fourth-order valence-corrected chi connectivity index (χ4v) is 3.83. The number of alkyl halides is 3. The predicted molar refractivity (Wildman–Crippen MR) is 126 cm³/mol. The monoisotopic (exact) mass is 524 g/mol. The Balaban J connectivity index is 1.78. The molecule has 3 rings (SSSR count). The third-order valence-corrected chi connectivity index (χ3v) is 5.99. The van der Waals surface area contributed by atoms with E-state index >= 15 is 0 Å². The number of nitrogens with two attached hydrogens (primary N) is 1. The third kappa shape index (κ3) is 7.09. The van der Waals surface area contributed by atoms with Crippen molar-refractivity contribution in [1.82, 2.24) is 15.0 Å². The van der Waals surface area contributed by atoms with Crippen molar-refractivity contribution in [1.29, 1.82) is 0 Å². The summed E-state index contributed by atoms with van der Waals surface area (Å²) in [5, 5.41) is 7.51. The molecule has 7 nitrogen and oxygen atoms in total. The molecule has 1 amide bonds. The van der Waals surface area contributed by atoms with E-state index in [1.807, 2.05) is 4.72 Å². The van der Waals surface area contributed by atoms with Crippen LogP contribution in [0.4, 0.5) is 17.6 Å². The number of aromatic nitrogens is 1. The van der Waals surface area contributed by atoms with Gasteiger partial charge in [0.2, 0.25) is 5.91 Å². The zero-order chi connectivity index (χ0) is 26.7. The van der Waals surface area contributed by atoms with Crippen molar-refractivity contribution in [3.63, 3.8) is 0 Å². The molecule has 12 heteroatoms. The van der Waals surface area contributed by atoms with Crippen molar-refractivity contribution in [2.24, 2.45) is 5.14 Å². The first-order chi connectivity index (χ1) is 16.7. The standard InChI is InChI=1S/C24H24F4N4O3S/c1-14-4-3-5-17(10-14)22-19(8-9-21(32-22)24(26,27)28)12-30-23(33)15(2)16-6-7-18(20(25)11-16)13-31-36(29,34)35/h3-11,15,31H,12-13H2,1-2H3,(H,30,33)(H2,29,34,35). The lowest BCUT2D eigenvalue weighted by Crippen LogP contribution is -2.30. The maximum atomic E-state index is 14.4. The van der Waals surface area contributed by atoms with Gasteiger partial charge >= 0.3 is 6.18 Å². The van der Waals surface area contributed by atoms with Crippen LogP contribution in [0.25, 0.3) is 11.3 Å². The van der Waals surface area contributed by atoms with E-state index in [9.17, 15) is 30.8 Å². The van der Waals surface area contributed by atoms with Gasteiger partial charge in [0.05, 0.1) is 11.6 Å². The summed E-state index contributed by atoms with van der Waals surface area (Å²) in [6.45, 7) is 2.89. The van der Waals surface area contributed by atoms with E-state index in [4.69, 9.17) is 5.14 Å². The molecule has 0 bridgehead atoms. The van der Waals surface area contributed by atoms with Crippen molar-refractivity contribution in [2.45, 2.75) is 39.0 Å². The van der Waals surface area contributed by atoms with Gasteiger partial charge in [-0.2, -0.15) is 26.3 Å². The summed E-state index contributed by atoms with van der Waals surface area (Å²) in [4.78, 5) is 16.6. The number of hydrogen-bond acceptors (Lipinski definition) is 4. The van der Waals surface area contributed by atoms with E-state index in [-0.39, 0.29) is 24.3 Å². The second-order valence-electron chi connectivity index (χ2n) is 8.23. The zero-order valence-corrected chi connectivity index (χ0v) is 20.2. The van der Waals surface area contributed by atoms with Gasteiger partial charge in [-0.25, -0.2) is 14.5 Å². The lowest BCUT2D eigenvalue weighted by molar-refractivity contribution is -0.141. The van der Waals surface area contributed by atoms with E-state index in [0.29, 0.717) is 16.7 Å². The van der Waals surface area contributed by atoms with Crippen molar-refractivity contribution in [2.75, 3.05) is 0 Å². The molecule has 36 heavy (non-hydrogen) atoms. The molecule has 0 aliphatic carbocycles. The summed E-state index contributed by atoms with van der Waals surface area (Å²) in [7, 11) is -4.00. The summed E-state index contributed by atoms with van der Waals surface area (Å²) in [5.41, 5.74) is 1.11. The molecule has 1 atom stereocenters. The summed E-state index contributed by atoms with van der Waals surface area (Å²) in [5.74, 6) is -2.01. The van der Waals surface area contributed by atoms with Crippen LogP contribution in [0.1, 0.15) is 40.8 Å². The van der Waals surface area contributed by atoms with E-state index in [2.05, 4.69) is 10.3 Å². The highest BCUT2D eigenvalue weighted by atomic mass is 32.2. The highest BCUT2D eigenvalue weighted by Crippen LogP contribution is 2.31. The third-order valence-electron chi connectivity index (χ3n) is 5.45. The Morgan fingerprint density at radius 3 is 2.36 bits per heavy atom. The van der Waals surface area contributed by atoms with Crippen molar-refractivity contribution < 1.29 is 30.8 Å². The molecular weight excluding hydrogens is 500 g/mol. The number of hydrogen-bond donors (Lipinski definition) is 3. The molecule has 4 N–H and O–H groups in total. The average molecular weight is 525 g/mol. The second kappa shape index (κ2) is 10.7. The van der Waals surface area contributed by atoms with Gasteiger partial charge in [0, 0.05) is 24.2 Å². The largest absolute Gasteiger partial charge is 0.433 e. The number of carbonyl (C=O) groups is 1. The van der Waals surface area contributed by atoms with Gasteiger partial charge in [0.1, 0.15) is 11.5 Å². The van der Waals surface area contributed by atoms with Crippen LogP contribution in [0.15, 0.2) is 54.6 Å². The molecule has 0 saturated heterocycles. The lowest BCUT2D eigenvalue weighted by atomic mass is 9.98. The minimum absolute atomic E-state index is 0.0407. The zero-order valence-electron chi connectivity index (χ0n) is 19.4. The Hall–Kier alpha value is -3.35. The number of nitrogens with one attached hydrogen (secondary N) is 2. The van der Waals surface area contributed by atoms with Crippen molar-refractivity contribution in [3.8, 4) is 11.3 Å². The van der Waals surface area contributed by atoms with Crippen LogP contribution >= 0.6 is 0 Å². The fraction of sp³-hybridized carbons (Fsp3) is 0.250. The molecule has 0 aliphatic rings. The van der Waals surface area contributed by atoms with Crippen LogP contribution in [0.3, 0.4) is 0 Å². The van der Waals surface area contributed by atoms with Gasteiger partial charge in [-0.3, -0.25) is 4.79 Å². The first kappa shape index (κ1) is 27.2. The fourth-order valence-electron chi connectivity index (χ4n) is 3.47. The number of rotatable bonds is 8. The maximum Gasteiger partial charge on any atom is 0.433 e. The molecule has 0 saturated carbocycles. The Kier molecular flexibility index (Phi) is 8.12. The molecule has 3 aromatic rings. The number of halogens is 4. The van der Waals surface area contributed by atoms with Gasteiger partial charge in [0.15, 0.2) is 0 Å². The Labute approximate surface area is 205 Å². The molecule has 0 spiro atoms. The van der Waals surface area contributed by atoms with Gasteiger partial charge < -0.3 is 5.32 Å². The molecule has 1 unspecified atom stereocenters. The molecular formula is C24H24F4N4O3S. The number of pyridine rings is 1. The Bertz CT molecular complexity index is 1380. The normalized spacial score (nSPS) is 12.9. The van der Waals surface area contributed by atoms with Crippen LogP contribution in [-0.4, -0.2) is 19.3 Å². The van der Waals surface area contributed by atoms with Crippen LogP contribution in [0.2, 0.25) is 0 Å². The Morgan fingerprint density at radius 1 is 1.06 bits per heavy atom. The van der Waals surface area contributed by atoms with Crippen LogP contribution < -0.4 is 15.2 Å². The molecule has 0 radical (unpaired) electrons. The number of amides is 1. The minimum atomic E-state index is -4.63. The molecule has 192 valence electrons. The van der Waals surface area contributed by atoms with Crippen molar-refractivity contribution >= 4 is 16.1 Å². The van der Waals surface area contributed by atoms with Gasteiger partial charge in [-0.15, -0.1) is 0 Å². The first-order valence-electron chi connectivity index (χ1n) is 10.7. The minimum Gasteiger partial charge on any atom is -0.351 e. The summed E-state index contributed by atoms with van der Waals surface area (Å²) in [6, 6.07) is 12.9. The van der Waals surface area contributed by atoms with Crippen LogP contribution in [0.5, 0.6) is 0 Å². The highest BCUT2D eigenvalue weighted by Gasteiger charge is 2.33. The summed E-state index contributed by atoms with van der Waals surface area (Å²) < 4.78 is 78.2. The van der Waals surface area contributed by atoms with E-state index in [1.165, 1.54) is 18.2 Å². The highest BCUT2D eigenvalue weighted by molar-refractivity contribution is 7.87. The number of carbonyl (C=O) groups excluding carboxylic acids is 1. The van der Waals surface area contributed by atoms with Crippen LogP contribution in [-0.2, 0) is 34.3 Å². The van der Waals surface area contributed by atoms with Crippen molar-refractivity contribution in [3.05, 3.63) is 88.4 Å². The SMILES string of the molecule is Cc1cccc(-c2nc(C(F)(F)F)ccc2CNC(=O)C(C)c2ccc(CNS(N)(=O)=O)c(F)c2)c1. The van der Waals surface area contributed by atoms with Gasteiger partial charge in [-0.05, 0) is 43.2 Å². The number of nitrogens with zero attached hydrogens (tertiary/aromatic N) is 1. The second-order valence-corrected chi connectivity index (χ2v) is 9.61. The number of aryl methyl sites for hydroxylation is 1. The molecule has 0 fully saturated rings. The smallest absolute Gasteiger partial charge is 0.351 e. The van der Waals surface area contributed by atoms with E-state index < -0.39 is 39.7 Å². The maximum absolute atomic E-state index is 14.4. The Morgan fingerprint density at radius 2 is 1.75 bits per heavy atom.